The van der Waals surface area contributed by atoms with Crippen LogP contribution in [0.3, 0.4) is 0 Å². The quantitative estimate of drug-likeness (QED) is 0.872. The van der Waals surface area contributed by atoms with Crippen LogP contribution in [0.15, 0.2) is 24.3 Å². The van der Waals surface area contributed by atoms with Gasteiger partial charge in [-0.1, -0.05) is 38.8 Å². The van der Waals surface area contributed by atoms with Crippen molar-refractivity contribution in [2.45, 2.75) is 51.6 Å². The number of nitrogens with two attached hydrogens (primary N) is 1. The summed E-state index contributed by atoms with van der Waals surface area (Å²) in [6, 6.07) is 8.42. The van der Waals surface area contributed by atoms with Crippen molar-refractivity contribution >= 4 is 0 Å². The second-order valence-corrected chi connectivity index (χ2v) is 6.49. The molecule has 1 aromatic rings. The summed E-state index contributed by atoms with van der Waals surface area (Å²) in [5.41, 5.74) is 7.74. The minimum Gasteiger partial charge on any atom is -0.497 e. The average molecular weight is 290 g/mol. The van der Waals surface area contributed by atoms with E-state index in [9.17, 15) is 0 Å². The van der Waals surface area contributed by atoms with Gasteiger partial charge in [0.25, 0.3) is 0 Å². The molecule has 1 aliphatic carbocycles. The van der Waals surface area contributed by atoms with E-state index in [-0.39, 0.29) is 5.54 Å². The van der Waals surface area contributed by atoms with Crippen LogP contribution in [0.5, 0.6) is 5.75 Å². The van der Waals surface area contributed by atoms with E-state index in [1.807, 2.05) is 12.1 Å². The highest BCUT2D eigenvalue weighted by Gasteiger charge is 2.38. The number of nitrogens with zero attached hydrogens (tertiary/aromatic N) is 1. The van der Waals surface area contributed by atoms with Gasteiger partial charge in [-0.05, 0) is 43.0 Å². The normalized spacial score (nSPS) is 26.0. The van der Waals surface area contributed by atoms with Gasteiger partial charge < -0.3 is 10.5 Å². The molecule has 1 fully saturated rings. The molecule has 3 heteroatoms. The molecule has 1 aromatic carbocycles. The maximum absolute atomic E-state index is 6.21. The maximum Gasteiger partial charge on any atom is 0.118 e. The van der Waals surface area contributed by atoms with Crippen molar-refractivity contribution in [3.63, 3.8) is 0 Å². The van der Waals surface area contributed by atoms with Gasteiger partial charge in [-0.15, -0.1) is 0 Å². The fourth-order valence-corrected chi connectivity index (χ4v) is 3.80. The molecule has 2 N–H and O–H groups in total. The average Bonchev–Trinajstić information content (AvgIpc) is 2.53. The Hall–Kier alpha value is -1.06. The van der Waals surface area contributed by atoms with E-state index in [2.05, 4.69) is 30.9 Å². The van der Waals surface area contributed by atoms with Gasteiger partial charge in [0.1, 0.15) is 5.75 Å². The first-order valence-electron chi connectivity index (χ1n) is 8.21. The molecule has 0 bridgehead atoms. The number of likely N-dealkylation sites (N-methyl/N-ethyl adjacent to an activating group) is 1. The predicted molar refractivity (Wildman–Crippen MR) is 88.5 cm³/mol. The number of methoxy groups -OCH3 is 1. The molecule has 1 aliphatic rings. The van der Waals surface area contributed by atoms with Gasteiger partial charge in [-0.25, -0.2) is 0 Å². The fourth-order valence-electron chi connectivity index (χ4n) is 3.80. The molecular formula is C18H30N2O. The third kappa shape index (κ3) is 3.78. The summed E-state index contributed by atoms with van der Waals surface area (Å²) in [4.78, 5) is 2.59. The molecule has 2 unspecified atom stereocenters. The van der Waals surface area contributed by atoms with Crippen LogP contribution in [0.2, 0.25) is 0 Å². The summed E-state index contributed by atoms with van der Waals surface area (Å²) in [7, 11) is 1.71. The summed E-state index contributed by atoms with van der Waals surface area (Å²) < 4.78 is 5.24. The van der Waals surface area contributed by atoms with Crippen LogP contribution >= 0.6 is 0 Å². The van der Waals surface area contributed by atoms with E-state index in [1.54, 1.807) is 7.11 Å². The van der Waals surface area contributed by atoms with Crippen molar-refractivity contribution in [1.82, 2.24) is 4.90 Å². The van der Waals surface area contributed by atoms with Crippen molar-refractivity contribution in [1.29, 1.82) is 0 Å². The molecule has 0 radical (unpaired) electrons. The minimum absolute atomic E-state index is 0.187. The van der Waals surface area contributed by atoms with Crippen LogP contribution in [0, 0.1) is 5.92 Å². The molecular weight excluding hydrogens is 260 g/mol. The molecule has 3 nitrogen and oxygen atoms in total. The fraction of sp³-hybridized carbons (Fsp3) is 0.667. The Kier molecular flexibility index (Phi) is 5.65. The monoisotopic (exact) mass is 290 g/mol. The van der Waals surface area contributed by atoms with Gasteiger partial charge in [0.05, 0.1) is 7.11 Å². The number of hydrogen-bond acceptors (Lipinski definition) is 3. The van der Waals surface area contributed by atoms with Crippen molar-refractivity contribution < 1.29 is 4.74 Å². The van der Waals surface area contributed by atoms with Crippen molar-refractivity contribution in [2.24, 2.45) is 11.7 Å². The van der Waals surface area contributed by atoms with Gasteiger partial charge in [-0.2, -0.15) is 0 Å². The smallest absolute Gasteiger partial charge is 0.118 e. The third-order valence-corrected chi connectivity index (χ3v) is 5.03. The molecule has 0 aromatic heterocycles. The highest BCUT2D eigenvalue weighted by molar-refractivity contribution is 5.27. The van der Waals surface area contributed by atoms with Crippen LogP contribution in [-0.2, 0) is 6.54 Å². The van der Waals surface area contributed by atoms with Gasteiger partial charge in [-0.3, -0.25) is 4.90 Å². The number of hydrogen-bond donors (Lipinski definition) is 1. The van der Waals surface area contributed by atoms with Crippen LogP contribution in [0.4, 0.5) is 0 Å². The predicted octanol–water partition coefficient (Wildman–Crippen LogP) is 3.42. The first kappa shape index (κ1) is 16.3. The zero-order valence-electron chi connectivity index (χ0n) is 13.8. The molecule has 0 heterocycles. The summed E-state index contributed by atoms with van der Waals surface area (Å²) in [5.74, 6) is 1.70. The Morgan fingerprint density at radius 1 is 1.33 bits per heavy atom. The standard InChI is InChI=1S/C18H30N2O/c1-4-20(13-16-7-9-17(21-3)10-8-16)18(14-19)11-5-6-15(2)12-18/h7-10,15H,4-6,11-14,19H2,1-3H3. The topological polar surface area (TPSA) is 38.5 Å². The van der Waals surface area contributed by atoms with E-state index >= 15 is 0 Å². The Labute approximate surface area is 129 Å². The molecule has 0 aliphatic heterocycles. The summed E-state index contributed by atoms with van der Waals surface area (Å²) >= 11 is 0. The number of ether oxygens (including phenoxy) is 1. The molecule has 0 saturated heterocycles. The number of benzene rings is 1. The van der Waals surface area contributed by atoms with Gasteiger partial charge in [0.2, 0.25) is 0 Å². The second-order valence-electron chi connectivity index (χ2n) is 6.49. The lowest BCUT2D eigenvalue weighted by atomic mass is 9.75. The Balaban J connectivity index is 2.12. The van der Waals surface area contributed by atoms with E-state index < -0.39 is 0 Å². The lowest BCUT2D eigenvalue weighted by molar-refractivity contribution is 0.0367. The molecule has 118 valence electrons. The first-order valence-corrected chi connectivity index (χ1v) is 8.21. The maximum atomic E-state index is 6.21. The lowest BCUT2D eigenvalue weighted by Gasteiger charge is -2.47. The molecule has 2 atom stereocenters. The van der Waals surface area contributed by atoms with Gasteiger partial charge in [0.15, 0.2) is 0 Å². The van der Waals surface area contributed by atoms with Crippen LogP contribution in [0.25, 0.3) is 0 Å². The zero-order valence-corrected chi connectivity index (χ0v) is 13.8. The van der Waals surface area contributed by atoms with Crippen LogP contribution in [0.1, 0.15) is 45.1 Å². The summed E-state index contributed by atoms with van der Waals surface area (Å²) in [6.45, 7) is 7.41. The lowest BCUT2D eigenvalue weighted by Crippen LogP contribution is -2.55. The van der Waals surface area contributed by atoms with Crippen molar-refractivity contribution in [2.75, 3.05) is 20.2 Å². The highest BCUT2D eigenvalue weighted by atomic mass is 16.5. The zero-order chi connectivity index (χ0) is 15.3. The van der Waals surface area contributed by atoms with Crippen molar-refractivity contribution in [3.05, 3.63) is 29.8 Å². The van der Waals surface area contributed by atoms with Crippen LogP contribution < -0.4 is 10.5 Å². The molecule has 0 amide bonds. The van der Waals surface area contributed by atoms with Gasteiger partial charge >= 0.3 is 0 Å². The molecule has 21 heavy (non-hydrogen) atoms. The molecule has 0 spiro atoms. The van der Waals surface area contributed by atoms with Crippen molar-refractivity contribution in [3.8, 4) is 5.75 Å². The minimum atomic E-state index is 0.187. The van der Waals surface area contributed by atoms with E-state index in [4.69, 9.17) is 10.5 Å². The third-order valence-electron chi connectivity index (χ3n) is 5.03. The Morgan fingerprint density at radius 2 is 2.05 bits per heavy atom. The Bertz CT molecular complexity index is 431. The first-order chi connectivity index (χ1) is 10.1. The summed E-state index contributed by atoms with van der Waals surface area (Å²) in [6.07, 6.45) is 5.12. The Morgan fingerprint density at radius 3 is 2.57 bits per heavy atom. The number of rotatable bonds is 6. The summed E-state index contributed by atoms with van der Waals surface area (Å²) in [5, 5.41) is 0. The second kappa shape index (κ2) is 7.28. The highest BCUT2D eigenvalue weighted by Crippen LogP contribution is 2.37. The molecule has 1 saturated carbocycles. The van der Waals surface area contributed by atoms with Gasteiger partial charge in [0, 0.05) is 18.6 Å². The largest absolute Gasteiger partial charge is 0.497 e. The van der Waals surface area contributed by atoms with E-state index in [0.717, 1.165) is 31.3 Å². The molecule has 2 rings (SSSR count). The van der Waals surface area contributed by atoms with Crippen LogP contribution in [-0.4, -0.2) is 30.6 Å². The van der Waals surface area contributed by atoms with E-state index in [0.29, 0.717) is 0 Å². The van der Waals surface area contributed by atoms with E-state index in [1.165, 1.54) is 31.2 Å². The SMILES string of the molecule is CCN(Cc1ccc(OC)cc1)C1(CN)CCCC(C)C1.